The topological polar surface area (TPSA) is 108 Å². The molecular formula is C11H14N6O2. The Balaban J connectivity index is 2.37. The molecule has 0 fully saturated rings. The second kappa shape index (κ2) is 6.03. The second-order valence-corrected chi connectivity index (χ2v) is 3.55. The van der Waals surface area contributed by atoms with Gasteiger partial charge in [-0.3, -0.25) is 10.8 Å². The Bertz CT molecular complexity index is 533. The largest absolute Gasteiger partial charge is 0.480 e. The van der Waals surface area contributed by atoms with E-state index in [1.807, 2.05) is 0 Å². The van der Waals surface area contributed by atoms with Crippen molar-refractivity contribution in [3.05, 3.63) is 35.9 Å². The van der Waals surface area contributed by atoms with Gasteiger partial charge in [0.15, 0.2) is 0 Å². The van der Waals surface area contributed by atoms with E-state index in [0.717, 1.165) is 0 Å². The zero-order chi connectivity index (χ0) is 13.7. The van der Waals surface area contributed by atoms with Gasteiger partial charge in [0.05, 0.1) is 19.9 Å². The molecule has 0 saturated heterocycles. The molecule has 0 spiro atoms. The van der Waals surface area contributed by atoms with Crippen LogP contribution in [-0.4, -0.2) is 34.4 Å². The summed E-state index contributed by atoms with van der Waals surface area (Å²) in [5.41, 5.74) is 3.74. The van der Waals surface area contributed by atoms with Crippen molar-refractivity contribution < 1.29 is 9.47 Å². The fraction of sp³-hybridized carbons (Fsp3) is 0.273. The molecule has 0 amide bonds. The van der Waals surface area contributed by atoms with E-state index in [1.54, 1.807) is 18.3 Å². The van der Waals surface area contributed by atoms with Crippen LogP contribution in [0.1, 0.15) is 17.4 Å². The predicted molar refractivity (Wildman–Crippen MR) is 66.3 cm³/mol. The lowest BCUT2D eigenvalue weighted by Gasteiger charge is -2.16. The van der Waals surface area contributed by atoms with Crippen molar-refractivity contribution >= 4 is 0 Å². The summed E-state index contributed by atoms with van der Waals surface area (Å²) in [6.07, 6.45) is 3.09. The molecule has 8 nitrogen and oxygen atoms in total. The summed E-state index contributed by atoms with van der Waals surface area (Å²) in [6.45, 7) is 0. The van der Waals surface area contributed by atoms with Crippen molar-refractivity contribution in [2.45, 2.75) is 6.04 Å². The minimum Gasteiger partial charge on any atom is -0.480 e. The van der Waals surface area contributed by atoms with E-state index in [-0.39, 0.29) is 0 Å². The Hall–Kier alpha value is -2.32. The van der Waals surface area contributed by atoms with Gasteiger partial charge in [-0.1, -0.05) is 0 Å². The van der Waals surface area contributed by atoms with Crippen LogP contribution >= 0.6 is 0 Å². The SMILES string of the molecule is COc1ccc(C(NN)c2nccnc2OC)nn1. The van der Waals surface area contributed by atoms with Crippen LogP contribution in [0.25, 0.3) is 0 Å². The number of ether oxygens (including phenoxy) is 2. The lowest BCUT2D eigenvalue weighted by atomic mass is 10.1. The second-order valence-electron chi connectivity index (χ2n) is 3.55. The molecule has 0 aliphatic heterocycles. The minimum absolute atomic E-state index is 0.378. The number of nitrogens with one attached hydrogen (secondary N) is 1. The van der Waals surface area contributed by atoms with Crippen LogP contribution in [0.5, 0.6) is 11.8 Å². The first-order valence-electron chi connectivity index (χ1n) is 5.48. The highest BCUT2D eigenvalue weighted by molar-refractivity contribution is 5.29. The molecule has 0 bridgehead atoms. The van der Waals surface area contributed by atoms with E-state index >= 15 is 0 Å². The van der Waals surface area contributed by atoms with Gasteiger partial charge in [0, 0.05) is 18.5 Å². The van der Waals surface area contributed by atoms with Crippen molar-refractivity contribution in [1.82, 2.24) is 25.6 Å². The van der Waals surface area contributed by atoms with E-state index in [9.17, 15) is 0 Å². The first kappa shape index (κ1) is 13.1. The summed E-state index contributed by atoms with van der Waals surface area (Å²) in [7, 11) is 3.04. The maximum Gasteiger partial charge on any atom is 0.237 e. The molecule has 2 aromatic heterocycles. The Morgan fingerprint density at radius 1 is 1.11 bits per heavy atom. The first-order chi connectivity index (χ1) is 9.30. The van der Waals surface area contributed by atoms with Crippen LogP contribution in [0.15, 0.2) is 24.5 Å². The van der Waals surface area contributed by atoms with E-state index in [2.05, 4.69) is 25.6 Å². The summed E-state index contributed by atoms with van der Waals surface area (Å²) in [5, 5.41) is 7.92. The molecule has 2 heterocycles. The van der Waals surface area contributed by atoms with Crippen molar-refractivity contribution in [2.24, 2.45) is 5.84 Å². The van der Waals surface area contributed by atoms with Gasteiger partial charge in [0.1, 0.15) is 11.7 Å². The van der Waals surface area contributed by atoms with Crippen LogP contribution in [0, 0.1) is 0 Å². The number of hydrazine groups is 1. The predicted octanol–water partition coefficient (Wildman–Crippen LogP) is -0.164. The van der Waals surface area contributed by atoms with Gasteiger partial charge in [0.2, 0.25) is 11.8 Å². The molecule has 0 radical (unpaired) electrons. The average molecular weight is 262 g/mol. The van der Waals surface area contributed by atoms with Crippen LogP contribution in [-0.2, 0) is 0 Å². The molecule has 2 aromatic rings. The fourth-order valence-electron chi connectivity index (χ4n) is 1.59. The highest BCUT2D eigenvalue weighted by Gasteiger charge is 2.21. The number of hydrogen-bond donors (Lipinski definition) is 2. The van der Waals surface area contributed by atoms with E-state index < -0.39 is 6.04 Å². The standard InChI is InChI=1S/C11H14N6O2/c1-18-8-4-3-7(16-17-8)9(15-12)10-11(19-2)14-6-5-13-10/h3-6,9,15H,12H2,1-2H3. The highest BCUT2D eigenvalue weighted by atomic mass is 16.5. The lowest BCUT2D eigenvalue weighted by Crippen LogP contribution is -2.30. The zero-order valence-electron chi connectivity index (χ0n) is 10.6. The van der Waals surface area contributed by atoms with Gasteiger partial charge in [-0.05, 0) is 6.07 Å². The van der Waals surface area contributed by atoms with Crippen LogP contribution in [0.2, 0.25) is 0 Å². The van der Waals surface area contributed by atoms with Gasteiger partial charge in [-0.2, -0.15) is 0 Å². The fourth-order valence-corrected chi connectivity index (χ4v) is 1.59. The lowest BCUT2D eigenvalue weighted by molar-refractivity contribution is 0.379. The molecule has 0 aromatic carbocycles. The van der Waals surface area contributed by atoms with Crippen LogP contribution < -0.4 is 20.7 Å². The Morgan fingerprint density at radius 3 is 2.47 bits per heavy atom. The average Bonchev–Trinajstić information content (AvgIpc) is 2.49. The van der Waals surface area contributed by atoms with Gasteiger partial charge >= 0.3 is 0 Å². The van der Waals surface area contributed by atoms with Gasteiger partial charge in [-0.25, -0.2) is 10.4 Å². The molecule has 1 atom stereocenters. The Kier molecular flexibility index (Phi) is 4.16. The molecule has 0 aliphatic rings. The number of nitrogens with two attached hydrogens (primary N) is 1. The first-order valence-corrected chi connectivity index (χ1v) is 5.48. The molecule has 8 heteroatoms. The third kappa shape index (κ3) is 2.75. The summed E-state index contributed by atoms with van der Waals surface area (Å²) in [4.78, 5) is 8.28. The maximum absolute atomic E-state index is 5.56. The Labute approximate surface area is 110 Å². The maximum atomic E-state index is 5.56. The molecule has 100 valence electrons. The number of nitrogens with zero attached hydrogens (tertiary/aromatic N) is 4. The minimum atomic E-state index is -0.470. The number of hydrogen-bond acceptors (Lipinski definition) is 8. The highest BCUT2D eigenvalue weighted by Crippen LogP contribution is 2.24. The summed E-state index contributed by atoms with van der Waals surface area (Å²) >= 11 is 0. The Morgan fingerprint density at radius 2 is 1.89 bits per heavy atom. The van der Waals surface area contributed by atoms with E-state index in [4.69, 9.17) is 15.3 Å². The summed E-state index contributed by atoms with van der Waals surface area (Å²) in [6, 6.07) is 2.96. The number of aromatic nitrogens is 4. The summed E-state index contributed by atoms with van der Waals surface area (Å²) < 4.78 is 10.1. The van der Waals surface area contributed by atoms with E-state index in [0.29, 0.717) is 23.1 Å². The quantitative estimate of drug-likeness (QED) is 0.565. The number of methoxy groups -OCH3 is 2. The molecule has 0 aliphatic carbocycles. The molecule has 3 N–H and O–H groups in total. The third-order valence-electron chi connectivity index (χ3n) is 2.49. The third-order valence-corrected chi connectivity index (χ3v) is 2.49. The smallest absolute Gasteiger partial charge is 0.237 e. The van der Waals surface area contributed by atoms with Crippen molar-refractivity contribution in [1.29, 1.82) is 0 Å². The zero-order valence-corrected chi connectivity index (χ0v) is 10.6. The normalized spacial score (nSPS) is 11.9. The monoisotopic (exact) mass is 262 g/mol. The molecular weight excluding hydrogens is 248 g/mol. The van der Waals surface area contributed by atoms with Gasteiger partial charge in [-0.15, -0.1) is 10.2 Å². The van der Waals surface area contributed by atoms with Crippen molar-refractivity contribution in [2.75, 3.05) is 14.2 Å². The van der Waals surface area contributed by atoms with Crippen molar-refractivity contribution in [3.63, 3.8) is 0 Å². The molecule has 19 heavy (non-hydrogen) atoms. The summed E-state index contributed by atoms with van der Waals surface area (Å²) in [5.74, 6) is 6.36. The van der Waals surface area contributed by atoms with Gasteiger partial charge in [0.25, 0.3) is 0 Å². The van der Waals surface area contributed by atoms with Gasteiger partial charge < -0.3 is 9.47 Å². The molecule has 1 unspecified atom stereocenters. The molecule has 0 saturated carbocycles. The van der Waals surface area contributed by atoms with Crippen molar-refractivity contribution in [3.8, 4) is 11.8 Å². The molecule has 2 rings (SSSR count). The van der Waals surface area contributed by atoms with E-state index in [1.165, 1.54) is 20.4 Å². The van der Waals surface area contributed by atoms with Crippen LogP contribution in [0.3, 0.4) is 0 Å². The van der Waals surface area contributed by atoms with Crippen LogP contribution in [0.4, 0.5) is 0 Å². The number of rotatable bonds is 5.